The van der Waals surface area contributed by atoms with Crippen LogP contribution in [0.5, 0.6) is 0 Å². The average Bonchev–Trinajstić information content (AvgIpc) is 2.27. The van der Waals surface area contributed by atoms with E-state index in [4.69, 9.17) is 10.2 Å². The normalized spacial score (nSPS) is 10.0. The highest BCUT2D eigenvalue weighted by molar-refractivity contribution is 6.09. The zero-order valence-corrected chi connectivity index (χ0v) is 9.18. The van der Waals surface area contributed by atoms with Gasteiger partial charge in [-0.3, -0.25) is 10.6 Å². The molecule has 0 spiro atoms. The minimum atomic E-state index is -1.20. The van der Waals surface area contributed by atoms with Crippen molar-refractivity contribution in [2.45, 2.75) is 0 Å². The molecule has 2 aromatic rings. The highest BCUT2D eigenvalue weighted by atomic mass is 16.4. The molecule has 0 saturated carbocycles. The van der Waals surface area contributed by atoms with Gasteiger partial charge < -0.3 is 10.2 Å². The lowest BCUT2D eigenvalue weighted by Gasteiger charge is -2.10. The van der Waals surface area contributed by atoms with Crippen molar-refractivity contribution in [2.75, 3.05) is 10.6 Å². The van der Waals surface area contributed by atoms with Gasteiger partial charge in [-0.15, -0.1) is 0 Å². The van der Waals surface area contributed by atoms with Gasteiger partial charge in [0, 0.05) is 5.39 Å². The lowest BCUT2D eigenvalue weighted by molar-refractivity contribution is 0.208. The summed E-state index contributed by atoms with van der Waals surface area (Å²) in [6.07, 6.45) is -2.40. The number of hydrogen-bond donors (Lipinski definition) is 4. The fourth-order valence-electron chi connectivity index (χ4n) is 1.78. The molecule has 0 unspecified atom stereocenters. The molecule has 0 aliphatic carbocycles. The summed E-state index contributed by atoms with van der Waals surface area (Å²) < 4.78 is 0. The topological polar surface area (TPSA) is 98.7 Å². The molecule has 0 saturated heterocycles. The highest BCUT2D eigenvalue weighted by Crippen LogP contribution is 2.30. The summed E-state index contributed by atoms with van der Waals surface area (Å²) in [5.41, 5.74) is 0.675. The van der Waals surface area contributed by atoms with Crippen molar-refractivity contribution in [3.8, 4) is 0 Å². The molecule has 4 N–H and O–H groups in total. The molecular formula is C12H10N2O4. The molecule has 0 bridgehead atoms. The molecule has 0 aliphatic rings. The lowest BCUT2D eigenvalue weighted by Crippen LogP contribution is -2.10. The van der Waals surface area contributed by atoms with E-state index in [9.17, 15) is 9.59 Å². The van der Waals surface area contributed by atoms with Gasteiger partial charge in [0.25, 0.3) is 0 Å². The van der Waals surface area contributed by atoms with Gasteiger partial charge >= 0.3 is 12.2 Å². The minimum absolute atomic E-state index is 0.337. The number of rotatable bonds is 2. The second-order valence-corrected chi connectivity index (χ2v) is 3.57. The van der Waals surface area contributed by atoms with Crippen LogP contribution < -0.4 is 10.6 Å². The Morgan fingerprint density at radius 3 is 1.67 bits per heavy atom. The van der Waals surface area contributed by atoms with Crippen LogP contribution in [0.25, 0.3) is 10.8 Å². The quantitative estimate of drug-likeness (QED) is 0.654. The SMILES string of the molecule is O=C(O)Nc1cccc2cccc(NC(=O)O)c12. The van der Waals surface area contributed by atoms with Crippen LogP contribution in [0.3, 0.4) is 0 Å². The first-order chi connectivity index (χ1) is 8.58. The van der Waals surface area contributed by atoms with Gasteiger partial charge in [0.05, 0.1) is 11.4 Å². The molecule has 2 rings (SSSR count). The standard InChI is InChI=1S/C12H10N2O4/c15-11(16)13-8-5-1-3-7-4-2-6-9(10(7)8)14-12(17)18/h1-6,13-14H,(H,15,16)(H,17,18). The van der Waals surface area contributed by atoms with Crippen molar-refractivity contribution in [3.05, 3.63) is 36.4 Å². The number of carbonyl (C=O) groups is 2. The summed E-state index contributed by atoms with van der Waals surface area (Å²) in [7, 11) is 0. The van der Waals surface area contributed by atoms with E-state index in [-0.39, 0.29) is 0 Å². The maximum absolute atomic E-state index is 10.7. The van der Waals surface area contributed by atoms with Gasteiger partial charge in [0.15, 0.2) is 0 Å². The van der Waals surface area contributed by atoms with Crippen molar-refractivity contribution in [2.24, 2.45) is 0 Å². The number of hydrogen-bond acceptors (Lipinski definition) is 2. The number of nitrogens with one attached hydrogen (secondary N) is 2. The number of amides is 2. The van der Waals surface area contributed by atoms with E-state index < -0.39 is 12.2 Å². The van der Waals surface area contributed by atoms with E-state index >= 15 is 0 Å². The maximum Gasteiger partial charge on any atom is 0.409 e. The van der Waals surface area contributed by atoms with E-state index in [1.54, 1.807) is 36.4 Å². The van der Waals surface area contributed by atoms with Crippen molar-refractivity contribution in [1.82, 2.24) is 0 Å². The second kappa shape index (κ2) is 4.62. The first-order valence-electron chi connectivity index (χ1n) is 5.09. The van der Waals surface area contributed by atoms with E-state index in [2.05, 4.69) is 10.6 Å². The molecule has 92 valence electrons. The van der Waals surface area contributed by atoms with Crippen LogP contribution in [0.1, 0.15) is 0 Å². The Bertz CT molecular complexity index is 574. The van der Waals surface area contributed by atoms with Gasteiger partial charge in [-0.25, -0.2) is 9.59 Å². The largest absolute Gasteiger partial charge is 0.465 e. The van der Waals surface area contributed by atoms with E-state index in [1.165, 1.54) is 0 Å². The van der Waals surface area contributed by atoms with Crippen LogP contribution in [-0.4, -0.2) is 22.4 Å². The number of carboxylic acid groups (broad SMARTS) is 2. The molecule has 0 radical (unpaired) electrons. The molecular weight excluding hydrogens is 236 g/mol. The van der Waals surface area contributed by atoms with Crippen LogP contribution >= 0.6 is 0 Å². The summed E-state index contributed by atoms with van der Waals surface area (Å²) >= 11 is 0. The van der Waals surface area contributed by atoms with Crippen LogP contribution in [0.4, 0.5) is 21.0 Å². The Morgan fingerprint density at radius 2 is 1.28 bits per heavy atom. The summed E-state index contributed by atoms with van der Waals surface area (Å²) in [4.78, 5) is 21.4. The molecule has 2 amide bonds. The molecule has 18 heavy (non-hydrogen) atoms. The molecule has 6 nitrogen and oxygen atoms in total. The van der Waals surface area contributed by atoms with E-state index in [0.717, 1.165) is 5.39 Å². The fraction of sp³-hybridized carbons (Fsp3) is 0. The number of fused-ring (bicyclic) bond motifs is 1. The number of anilines is 2. The highest BCUT2D eigenvalue weighted by Gasteiger charge is 2.09. The minimum Gasteiger partial charge on any atom is -0.465 e. The van der Waals surface area contributed by atoms with Gasteiger partial charge in [-0.2, -0.15) is 0 Å². The lowest BCUT2D eigenvalue weighted by atomic mass is 10.1. The second-order valence-electron chi connectivity index (χ2n) is 3.57. The first kappa shape index (κ1) is 11.7. The Hall–Kier alpha value is -2.76. The van der Waals surface area contributed by atoms with Crippen molar-refractivity contribution in [1.29, 1.82) is 0 Å². The smallest absolute Gasteiger partial charge is 0.409 e. The van der Waals surface area contributed by atoms with E-state index in [0.29, 0.717) is 16.8 Å². The van der Waals surface area contributed by atoms with Crippen molar-refractivity contribution < 1.29 is 19.8 Å². The van der Waals surface area contributed by atoms with Gasteiger partial charge in [0.1, 0.15) is 0 Å². The number of benzene rings is 2. The summed E-state index contributed by atoms with van der Waals surface area (Å²) in [6.45, 7) is 0. The molecule has 0 aromatic heterocycles. The Morgan fingerprint density at radius 1 is 0.833 bits per heavy atom. The van der Waals surface area contributed by atoms with Crippen LogP contribution in [0.15, 0.2) is 36.4 Å². The Labute approximate surface area is 102 Å². The average molecular weight is 246 g/mol. The third kappa shape index (κ3) is 2.32. The van der Waals surface area contributed by atoms with Crippen molar-refractivity contribution >= 4 is 34.3 Å². The fourth-order valence-corrected chi connectivity index (χ4v) is 1.78. The molecule has 0 fully saturated rings. The third-order valence-electron chi connectivity index (χ3n) is 2.39. The molecule has 2 aromatic carbocycles. The first-order valence-corrected chi connectivity index (χ1v) is 5.09. The van der Waals surface area contributed by atoms with Crippen molar-refractivity contribution in [3.63, 3.8) is 0 Å². The van der Waals surface area contributed by atoms with Gasteiger partial charge in [-0.05, 0) is 17.5 Å². The zero-order chi connectivity index (χ0) is 13.1. The summed E-state index contributed by atoms with van der Waals surface area (Å²) in [5, 5.41) is 23.3. The summed E-state index contributed by atoms with van der Waals surface area (Å²) in [6, 6.07) is 10.1. The molecule has 0 aliphatic heterocycles. The molecule has 0 atom stereocenters. The Kier molecular flexibility index (Phi) is 3.01. The molecule has 6 heteroatoms. The maximum atomic E-state index is 10.7. The molecule has 0 heterocycles. The summed E-state index contributed by atoms with van der Waals surface area (Å²) in [5.74, 6) is 0. The monoisotopic (exact) mass is 246 g/mol. The van der Waals surface area contributed by atoms with Crippen LogP contribution in [0.2, 0.25) is 0 Å². The van der Waals surface area contributed by atoms with Gasteiger partial charge in [0.2, 0.25) is 0 Å². The van der Waals surface area contributed by atoms with Crippen LogP contribution in [0, 0.1) is 0 Å². The zero-order valence-electron chi connectivity index (χ0n) is 9.18. The predicted octanol–water partition coefficient (Wildman–Crippen LogP) is 3.02. The predicted molar refractivity (Wildman–Crippen MR) is 67.2 cm³/mol. The van der Waals surface area contributed by atoms with Gasteiger partial charge in [-0.1, -0.05) is 24.3 Å². The van der Waals surface area contributed by atoms with Crippen LogP contribution in [-0.2, 0) is 0 Å². The Balaban J connectivity index is 2.63. The van der Waals surface area contributed by atoms with E-state index in [1.807, 2.05) is 0 Å². The third-order valence-corrected chi connectivity index (χ3v) is 2.39.